The van der Waals surface area contributed by atoms with E-state index in [1.165, 1.54) is 12.1 Å². The van der Waals surface area contributed by atoms with Crippen molar-refractivity contribution in [1.29, 1.82) is 0 Å². The minimum Gasteiger partial charge on any atom is -0.352 e. The number of amides is 1. The van der Waals surface area contributed by atoms with Crippen molar-refractivity contribution in [2.45, 2.75) is 17.7 Å². The van der Waals surface area contributed by atoms with Crippen LogP contribution in [-0.2, 0) is 16.4 Å². The Morgan fingerprint density at radius 2 is 1.73 bits per heavy atom. The lowest BCUT2D eigenvalue weighted by Gasteiger charge is -2.06. The molecular formula is C15H17N3O3S. The third-order valence-electron chi connectivity index (χ3n) is 3.12. The number of carbonyl (C=O) groups excluding carboxylic acids is 1. The largest absolute Gasteiger partial charge is 0.352 e. The molecule has 0 fully saturated rings. The Balaban J connectivity index is 1.78. The Morgan fingerprint density at radius 1 is 1.09 bits per heavy atom. The van der Waals surface area contributed by atoms with Gasteiger partial charge in [0.15, 0.2) is 0 Å². The molecule has 0 bridgehead atoms. The number of nitrogens with zero attached hydrogens (tertiary/aromatic N) is 1. The van der Waals surface area contributed by atoms with Gasteiger partial charge < -0.3 is 5.32 Å². The van der Waals surface area contributed by atoms with E-state index in [0.29, 0.717) is 12.1 Å². The zero-order chi connectivity index (χ0) is 16.0. The lowest BCUT2D eigenvalue weighted by molar-refractivity contribution is 0.0953. The van der Waals surface area contributed by atoms with Crippen molar-refractivity contribution in [3.05, 3.63) is 59.9 Å². The molecule has 22 heavy (non-hydrogen) atoms. The molecule has 116 valence electrons. The van der Waals surface area contributed by atoms with Crippen LogP contribution in [0.25, 0.3) is 0 Å². The summed E-state index contributed by atoms with van der Waals surface area (Å²) < 4.78 is 22.3. The first kappa shape index (κ1) is 16.1. The van der Waals surface area contributed by atoms with Crippen LogP contribution in [0.3, 0.4) is 0 Å². The van der Waals surface area contributed by atoms with Gasteiger partial charge in [-0.25, -0.2) is 13.6 Å². The summed E-state index contributed by atoms with van der Waals surface area (Å²) in [6.45, 7) is 0.540. The van der Waals surface area contributed by atoms with Crippen molar-refractivity contribution in [2.24, 2.45) is 5.14 Å². The summed E-state index contributed by atoms with van der Waals surface area (Å²) in [6.07, 6.45) is 4.64. The van der Waals surface area contributed by atoms with Crippen LogP contribution in [0.5, 0.6) is 0 Å². The molecule has 1 aromatic carbocycles. The van der Waals surface area contributed by atoms with Crippen LogP contribution in [0, 0.1) is 0 Å². The molecule has 7 heteroatoms. The molecular weight excluding hydrogens is 302 g/mol. The molecule has 1 heterocycles. The van der Waals surface area contributed by atoms with Gasteiger partial charge in [0.05, 0.1) is 4.90 Å². The maximum atomic E-state index is 11.8. The third-order valence-corrected chi connectivity index (χ3v) is 4.05. The molecule has 0 saturated carbocycles. The maximum Gasteiger partial charge on any atom is 0.251 e. The minimum absolute atomic E-state index is 0.0993. The van der Waals surface area contributed by atoms with Crippen molar-refractivity contribution in [3.63, 3.8) is 0 Å². The van der Waals surface area contributed by atoms with Gasteiger partial charge in [0.1, 0.15) is 0 Å². The number of carbonyl (C=O) groups is 1. The fourth-order valence-corrected chi connectivity index (χ4v) is 2.46. The Kier molecular flexibility index (Phi) is 5.24. The smallest absolute Gasteiger partial charge is 0.251 e. The first-order chi connectivity index (χ1) is 10.5. The lowest BCUT2D eigenvalue weighted by Crippen LogP contribution is -2.24. The van der Waals surface area contributed by atoms with Crippen LogP contribution in [0.15, 0.2) is 53.7 Å². The average Bonchev–Trinajstić information content (AvgIpc) is 2.52. The van der Waals surface area contributed by atoms with Gasteiger partial charge in [-0.15, -0.1) is 0 Å². The van der Waals surface area contributed by atoms with E-state index >= 15 is 0 Å². The molecule has 0 unspecified atom stereocenters. The molecule has 3 N–H and O–H groups in total. The Labute approximate surface area is 129 Å². The standard InChI is InChI=1S/C15H17N3O3S/c16-22(20,21)14-5-3-12(4-6-14)2-1-9-18-15(19)13-7-10-17-11-8-13/h3-8,10-11H,1-2,9H2,(H,18,19)(H2,16,20,21). The van der Waals surface area contributed by atoms with E-state index in [0.717, 1.165) is 18.4 Å². The SMILES string of the molecule is NS(=O)(=O)c1ccc(CCCNC(=O)c2ccncc2)cc1. The van der Waals surface area contributed by atoms with Gasteiger partial charge in [-0.1, -0.05) is 12.1 Å². The summed E-state index contributed by atoms with van der Waals surface area (Å²) in [4.78, 5) is 15.7. The summed E-state index contributed by atoms with van der Waals surface area (Å²) in [5.74, 6) is -0.132. The number of primary sulfonamides is 1. The van der Waals surface area contributed by atoms with E-state index in [-0.39, 0.29) is 10.8 Å². The molecule has 0 radical (unpaired) electrons. The Morgan fingerprint density at radius 3 is 2.32 bits per heavy atom. The van der Waals surface area contributed by atoms with Crippen LogP contribution in [0.1, 0.15) is 22.3 Å². The predicted octanol–water partition coefficient (Wildman–Crippen LogP) is 1.09. The van der Waals surface area contributed by atoms with E-state index in [1.807, 2.05) is 0 Å². The molecule has 0 aliphatic rings. The Hall–Kier alpha value is -2.25. The summed E-state index contributed by atoms with van der Waals surface area (Å²) in [5.41, 5.74) is 1.57. The van der Waals surface area contributed by atoms with Gasteiger partial charge in [-0.3, -0.25) is 9.78 Å². The van der Waals surface area contributed by atoms with Gasteiger partial charge in [-0.05, 0) is 42.7 Å². The van der Waals surface area contributed by atoms with Crippen LogP contribution >= 0.6 is 0 Å². The van der Waals surface area contributed by atoms with Crippen LogP contribution in [0.2, 0.25) is 0 Å². The zero-order valence-corrected chi connectivity index (χ0v) is 12.7. The highest BCUT2D eigenvalue weighted by molar-refractivity contribution is 7.89. The van der Waals surface area contributed by atoms with Crippen molar-refractivity contribution in [3.8, 4) is 0 Å². The number of pyridine rings is 1. The molecule has 6 nitrogen and oxygen atoms in total. The first-order valence-corrected chi connectivity index (χ1v) is 8.31. The van der Waals surface area contributed by atoms with Gasteiger partial charge >= 0.3 is 0 Å². The second-order valence-corrected chi connectivity index (χ2v) is 6.35. The number of hydrogen-bond donors (Lipinski definition) is 2. The monoisotopic (exact) mass is 319 g/mol. The van der Waals surface area contributed by atoms with Crippen LogP contribution in [-0.4, -0.2) is 25.9 Å². The number of aryl methyl sites for hydroxylation is 1. The number of benzene rings is 1. The molecule has 2 aromatic rings. The van der Waals surface area contributed by atoms with Gasteiger partial charge in [0.2, 0.25) is 10.0 Å². The van der Waals surface area contributed by atoms with E-state index in [4.69, 9.17) is 5.14 Å². The van der Waals surface area contributed by atoms with Gasteiger partial charge in [0, 0.05) is 24.5 Å². The number of hydrogen-bond acceptors (Lipinski definition) is 4. The maximum absolute atomic E-state index is 11.8. The Bertz CT molecular complexity index is 728. The molecule has 0 saturated heterocycles. The second kappa shape index (κ2) is 7.15. The molecule has 0 spiro atoms. The molecule has 0 aliphatic heterocycles. The number of nitrogens with one attached hydrogen (secondary N) is 1. The fraction of sp³-hybridized carbons (Fsp3) is 0.200. The summed E-state index contributed by atoms with van der Waals surface area (Å²) in [6, 6.07) is 9.73. The van der Waals surface area contributed by atoms with Crippen molar-refractivity contribution < 1.29 is 13.2 Å². The molecule has 2 rings (SSSR count). The van der Waals surface area contributed by atoms with E-state index in [2.05, 4.69) is 10.3 Å². The van der Waals surface area contributed by atoms with Gasteiger partial charge in [0.25, 0.3) is 5.91 Å². The van der Waals surface area contributed by atoms with Crippen LogP contribution < -0.4 is 10.5 Å². The second-order valence-electron chi connectivity index (χ2n) is 4.78. The predicted molar refractivity (Wildman–Crippen MR) is 82.7 cm³/mol. The zero-order valence-electron chi connectivity index (χ0n) is 11.9. The van der Waals surface area contributed by atoms with Crippen molar-refractivity contribution in [1.82, 2.24) is 10.3 Å². The highest BCUT2D eigenvalue weighted by atomic mass is 32.2. The topological polar surface area (TPSA) is 102 Å². The van der Waals surface area contributed by atoms with Crippen molar-refractivity contribution in [2.75, 3.05) is 6.54 Å². The summed E-state index contributed by atoms with van der Waals surface area (Å²) >= 11 is 0. The molecule has 0 aliphatic carbocycles. The number of aromatic nitrogens is 1. The number of rotatable bonds is 6. The third kappa shape index (κ3) is 4.64. The quantitative estimate of drug-likeness (QED) is 0.778. The van der Waals surface area contributed by atoms with Crippen LogP contribution in [0.4, 0.5) is 0 Å². The minimum atomic E-state index is -3.65. The fourth-order valence-electron chi connectivity index (χ4n) is 1.95. The molecule has 1 aromatic heterocycles. The summed E-state index contributed by atoms with van der Waals surface area (Å²) in [5, 5.41) is 7.86. The van der Waals surface area contributed by atoms with E-state index in [9.17, 15) is 13.2 Å². The molecule has 1 amide bonds. The van der Waals surface area contributed by atoms with E-state index < -0.39 is 10.0 Å². The summed E-state index contributed by atoms with van der Waals surface area (Å²) in [7, 11) is -3.65. The highest BCUT2D eigenvalue weighted by Crippen LogP contribution is 2.10. The average molecular weight is 319 g/mol. The number of nitrogens with two attached hydrogens (primary N) is 1. The molecule has 0 atom stereocenters. The van der Waals surface area contributed by atoms with Gasteiger partial charge in [-0.2, -0.15) is 0 Å². The normalized spacial score (nSPS) is 11.1. The first-order valence-electron chi connectivity index (χ1n) is 6.77. The lowest BCUT2D eigenvalue weighted by atomic mass is 10.1. The number of sulfonamides is 1. The van der Waals surface area contributed by atoms with Crippen molar-refractivity contribution >= 4 is 15.9 Å². The van der Waals surface area contributed by atoms with E-state index in [1.54, 1.807) is 36.7 Å². The highest BCUT2D eigenvalue weighted by Gasteiger charge is 2.07.